The Bertz CT molecular complexity index is 1030. The minimum Gasteiger partial charge on any atom is -0.267 e. The monoisotopic (exact) mass is 419 g/mol. The van der Waals surface area contributed by atoms with Crippen LogP contribution in [0.2, 0.25) is 0 Å². The van der Waals surface area contributed by atoms with Gasteiger partial charge in [-0.25, -0.2) is 12.8 Å². The molecule has 1 saturated heterocycles. The van der Waals surface area contributed by atoms with Crippen molar-refractivity contribution in [3.8, 4) is 0 Å². The highest BCUT2D eigenvalue weighted by Crippen LogP contribution is 2.22. The summed E-state index contributed by atoms with van der Waals surface area (Å²) >= 11 is 0. The SMILES string of the molecule is Cc1ccc(S(=O)(=O)N2CCCCC2)cc1C(=O)NNC(=O)c1ccccc1F. The second kappa shape index (κ2) is 8.71. The van der Waals surface area contributed by atoms with Crippen molar-refractivity contribution in [3.05, 3.63) is 65.0 Å². The maximum absolute atomic E-state index is 13.7. The summed E-state index contributed by atoms with van der Waals surface area (Å²) in [5.74, 6) is -2.22. The van der Waals surface area contributed by atoms with E-state index in [2.05, 4.69) is 10.9 Å². The number of hydrogen-bond acceptors (Lipinski definition) is 4. The summed E-state index contributed by atoms with van der Waals surface area (Å²) in [7, 11) is -3.70. The Balaban J connectivity index is 1.76. The molecule has 3 rings (SSSR count). The molecule has 2 amide bonds. The van der Waals surface area contributed by atoms with E-state index in [0.717, 1.165) is 25.3 Å². The molecule has 0 bridgehead atoms. The number of halogens is 1. The van der Waals surface area contributed by atoms with Crippen LogP contribution in [0.15, 0.2) is 47.4 Å². The molecule has 1 aliphatic rings. The smallest absolute Gasteiger partial charge is 0.267 e. The summed E-state index contributed by atoms with van der Waals surface area (Å²) < 4.78 is 40.8. The van der Waals surface area contributed by atoms with Crippen LogP contribution in [0.4, 0.5) is 4.39 Å². The zero-order valence-electron chi connectivity index (χ0n) is 15.9. The first-order chi connectivity index (χ1) is 13.8. The van der Waals surface area contributed by atoms with Crippen LogP contribution >= 0.6 is 0 Å². The van der Waals surface area contributed by atoms with E-state index >= 15 is 0 Å². The number of nitrogens with zero attached hydrogens (tertiary/aromatic N) is 1. The molecule has 9 heteroatoms. The Kier molecular flexibility index (Phi) is 6.29. The number of aryl methyl sites for hydroxylation is 1. The van der Waals surface area contributed by atoms with Gasteiger partial charge >= 0.3 is 0 Å². The molecule has 0 unspecified atom stereocenters. The molecule has 0 radical (unpaired) electrons. The molecule has 0 saturated carbocycles. The molecule has 1 fully saturated rings. The van der Waals surface area contributed by atoms with E-state index < -0.39 is 27.7 Å². The lowest BCUT2D eigenvalue weighted by molar-refractivity contribution is 0.0843. The van der Waals surface area contributed by atoms with Crippen LogP contribution in [0.1, 0.15) is 45.5 Å². The van der Waals surface area contributed by atoms with E-state index in [4.69, 9.17) is 0 Å². The molecule has 7 nitrogen and oxygen atoms in total. The zero-order valence-corrected chi connectivity index (χ0v) is 16.8. The summed E-state index contributed by atoms with van der Waals surface area (Å²) in [6.45, 7) is 2.57. The Morgan fingerprint density at radius 1 is 0.931 bits per heavy atom. The van der Waals surface area contributed by atoms with Crippen molar-refractivity contribution in [2.75, 3.05) is 13.1 Å². The van der Waals surface area contributed by atoms with Crippen molar-refractivity contribution in [1.29, 1.82) is 0 Å². The number of sulfonamides is 1. The fraction of sp³-hybridized carbons (Fsp3) is 0.300. The highest BCUT2D eigenvalue weighted by atomic mass is 32.2. The summed E-state index contributed by atoms with van der Waals surface area (Å²) in [5.41, 5.74) is 4.79. The average molecular weight is 419 g/mol. The molecule has 2 aromatic rings. The van der Waals surface area contributed by atoms with Gasteiger partial charge in [-0.05, 0) is 49.6 Å². The quantitative estimate of drug-likeness (QED) is 0.744. The second-order valence-electron chi connectivity index (χ2n) is 6.83. The molecule has 154 valence electrons. The van der Waals surface area contributed by atoms with Gasteiger partial charge < -0.3 is 0 Å². The number of piperidine rings is 1. The highest BCUT2D eigenvalue weighted by Gasteiger charge is 2.27. The molecule has 29 heavy (non-hydrogen) atoms. The Morgan fingerprint density at radius 2 is 1.55 bits per heavy atom. The number of benzene rings is 2. The Hall–Kier alpha value is -2.78. The van der Waals surface area contributed by atoms with Gasteiger partial charge in [-0.15, -0.1) is 0 Å². The van der Waals surface area contributed by atoms with Crippen molar-refractivity contribution in [1.82, 2.24) is 15.2 Å². The summed E-state index contributed by atoms with van der Waals surface area (Å²) in [6.07, 6.45) is 2.61. The van der Waals surface area contributed by atoms with Gasteiger partial charge in [-0.3, -0.25) is 20.4 Å². The van der Waals surface area contributed by atoms with Crippen molar-refractivity contribution in [2.24, 2.45) is 0 Å². The first-order valence-corrected chi connectivity index (χ1v) is 10.7. The molecular formula is C20H22FN3O4S. The van der Waals surface area contributed by atoms with E-state index in [-0.39, 0.29) is 16.0 Å². The molecule has 0 atom stereocenters. The van der Waals surface area contributed by atoms with Gasteiger partial charge in [0.25, 0.3) is 11.8 Å². The van der Waals surface area contributed by atoms with Gasteiger partial charge in [-0.1, -0.05) is 24.6 Å². The largest absolute Gasteiger partial charge is 0.272 e. The van der Waals surface area contributed by atoms with Crippen LogP contribution in [0.5, 0.6) is 0 Å². The highest BCUT2D eigenvalue weighted by molar-refractivity contribution is 7.89. The summed E-state index contributed by atoms with van der Waals surface area (Å²) in [5, 5.41) is 0. The van der Waals surface area contributed by atoms with Gasteiger partial charge in [0, 0.05) is 18.7 Å². The lowest BCUT2D eigenvalue weighted by atomic mass is 10.1. The van der Waals surface area contributed by atoms with Crippen molar-refractivity contribution in [2.45, 2.75) is 31.1 Å². The minimum absolute atomic E-state index is 0.0237. The third kappa shape index (κ3) is 4.63. The topological polar surface area (TPSA) is 95.6 Å². The number of amides is 2. The van der Waals surface area contributed by atoms with Gasteiger partial charge in [-0.2, -0.15) is 4.31 Å². The van der Waals surface area contributed by atoms with Crippen LogP contribution in [-0.4, -0.2) is 37.6 Å². The van der Waals surface area contributed by atoms with E-state index in [1.807, 2.05) is 0 Å². The summed E-state index contributed by atoms with van der Waals surface area (Å²) in [4.78, 5) is 24.6. The van der Waals surface area contributed by atoms with E-state index in [0.29, 0.717) is 18.7 Å². The predicted molar refractivity (Wildman–Crippen MR) is 105 cm³/mol. The maximum Gasteiger partial charge on any atom is 0.272 e. The third-order valence-corrected chi connectivity index (χ3v) is 6.71. The fourth-order valence-electron chi connectivity index (χ4n) is 3.15. The first-order valence-electron chi connectivity index (χ1n) is 9.27. The lowest BCUT2D eigenvalue weighted by Crippen LogP contribution is -2.42. The third-order valence-electron chi connectivity index (χ3n) is 4.81. The van der Waals surface area contributed by atoms with E-state index in [9.17, 15) is 22.4 Å². The molecule has 1 heterocycles. The van der Waals surface area contributed by atoms with Crippen LogP contribution in [-0.2, 0) is 10.0 Å². The van der Waals surface area contributed by atoms with Crippen LogP contribution in [0.25, 0.3) is 0 Å². The minimum atomic E-state index is -3.70. The van der Waals surface area contributed by atoms with Crippen molar-refractivity contribution >= 4 is 21.8 Å². The number of hydrogen-bond donors (Lipinski definition) is 2. The van der Waals surface area contributed by atoms with Gasteiger partial charge in [0.1, 0.15) is 5.82 Å². The molecule has 2 aromatic carbocycles. The van der Waals surface area contributed by atoms with Crippen LogP contribution in [0.3, 0.4) is 0 Å². The number of nitrogens with one attached hydrogen (secondary N) is 2. The Morgan fingerprint density at radius 3 is 2.21 bits per heavy atom. The fourth-order valence-corrected chi connectivity index (χ4v) is 4.70. The lowest BCUT2D eigenvalue weighted by Gasteiger charge is -2.26. The average Bonchev–Trinajstić information content (AvgIpc) is 2.73. The van der Waals surface area contributed by atoms with Crippen molar-refractivity contribution in [3.63, 3.8) is 0 Å². The number of hydrazine groups is 1. The van der Waals surface area contributed by atoms with Gasteiger partial charge in [0.15, 0.2) is 0 Å². The Labute approximate surface area is 168 Å². The molecule has 0 aromatic heterocycles. The molecule has 0 aliphatic carbocycles. The maximum atomic E-state index is 13.7. The van der Waals surface area contributed by atoms with Gasteiger partial charge in [0.2, 0.25) is 10.0 Å². The van der Waals surface area contributed by atoms with E-state index in [1.54, 1.807) is 13.0 Å². The van der Waals surface area contributed by atoms with E-state index in [1.165, 1.54) is 34.6 Å². The van der Waals surface area contributed by atoms with Crippen LogP contribution in [0, 0.1) is 12.7 Å². The molecule has 2 N–H and O–H groups in total. The molecular weight excluding hydrogens is 397 g/mol. The number of carbonyl (C=O) groups is 2. The molecule has 0 spiro atoms. The summed E-state index contributed by atoms with van der Waals surface area (Å²) in [6, 6.07) is 9.67. The number of rotatable bonds is 4. The molecule has 1 aliphatic heterocycles. The standard InChI is InChI=1S/C20H22FN3O4S/c1-14-9-10-15(29(27,28)24-11-5-2-6-12-24)13-17(14)20(26)23-22-19(25)16-7-3-4-8-18(16)21/h3-4,7-10,13H,2,5-6,11-12H2,1H3,(H,22,25)(H,23,26). The zero-order chi connectivity index (χ0) is 21.0. The van der Waals surface area contributed by atoms with Crippen LogP contribution < -0.4 is 10.9 Å². The first kappa shape index (κ1) is 20.9. The second-order valence-corrected chi connectivity index (χ2v) is 8.77. The van der Waals surface area contributed by atoms with Gasteiger partial charge in [0.05, 0.1) is 10.5 Å². The number of carbonyl (C=O) groups excluding carboxylic acids is 2. The normalized spacial score (nSPS) is 15.0. The van der Waals surface area contributed by atoms with Crippen molar-refractivity contribution < 1.29 is 22.4 Å². The predicted octanol–water partition coefficient (Wildman–Crippen LogP) is 2.38.